The second kappa shape index (κ2) is 13.9. The number of hydrogen-bond acceptors (Lipinski definition) is 3. The first-order valence-corrected chi connectivity index (χ1v) is 4.96. The van der Waals surface area contributed by atoms with Crippen molar-refractivity contribution in [1.82, 2.24) is 0 Å². The van der Waals surface area contributed by atoms with Crippen molar-refractivity contribution in [2.75, 3.05) is 7.11 Å². The molecule has 0 aromatic rings. The third-order valence-electron chi connectivity index (χ3n) is 1.30. The van der Waals surface area contributed by atoms with Crippen molar-refractivity contribution in [2.24, 2.45) is 0 Å². The molecule has 0 atom stereocenters. The zero-order valence-electron chi connectivity index (χ0n) is 10.1. The van der Waals surface area contributed by atoms with Crippen LogP contribution in [0, 0.1) is 0 Å². The molecule has 0 spiro atoms. The van der Waals surface area contributed by atoms with Gasteiger partial charge in [0.1, 0.15) is 0 Å². The Hall–Kier alpha value is -2.10. The van der Waals surface area contributed by atoms with Crippen LogP contribution in [0.1, 0.15) is 13.3 Å². The largest absolute Gasteiger partial charge is 0.478 e. The van der Waals surface area contributed by atoms with Gasteiger partial charge in [0.15, 0.2) is 0 Å². The van der Waals surface area contributed by atoms with Crippen molar-refractivity contribution in [3.63, 3.8) is 0 Å². The molecule has 0 unspecified atom stereocenters. The maximum Gasteiger partial charge on any atom is 0.330 e. The number of hydrogen-bond donors (Lipinski definition) is 1. The second-order valence-corrected chi connectivity index (χ2v) is 2.67. The molecule has 0 aromatic carbocycles. The van der Waals surface area contributed by atoms with Gasteiger partial charge in [-0.1, -0.05) is 30.4 Å². The molecule has 0 rings (SSSR count). The highest BCUT2D eigenvalue weighted by Gasteiger charge is 1.86. The molecule has 0 saturated heterocycles. The van der Waals surface area contributed by atoms with Gasteiger partial charge in [-0.15, -0.1) is 6.58 Å². The lowest BCUT2D eigenvalue weighted by Gasteiger charge is -1.86. The molecule has 1 N–H and O–H groups in total. The first-order valence-electron chi connectivity index (χ1n) is 4.96. The van der Waals surface area contributed by atoms with E-state index in [1.165, 1.54) is 19.3 Å². The van der Waals surface area contributed by atoms with Gasteiger partial charge < -0.3 is 9.84 Å². The van der Waals surface area contributed by atoms with E-state index in [1.54, 1.807) is 24.3 Å². The Balaban J connectivity index is 0. The fourth-order valence-electron chi connectivity index (χ4n) is 0.578. The van der Waals surface area contributed by atoms with Crippen LogP contribution in [0.15, 0.2) is 49.1 Å². The summed E-state index contributed by atoms with van der Waals surface area (Å²) in [6, 6.07) is 0. The van der Waals surface area contributed by atoms with Gasteiger partial charge in [-0.2, -0.15) is 0 Å². The molecule has 0 aliphatic heterocycles. The van der Waals surface area contributed by atoms with Crippen LogP contribution >= 0.6 is 0 Å². The first kappa shape index (κ1) is 17.3. The minimum Gasteiger partial charge on any atom is -0.478 e. The van der Waals surface area contributed by atoms with Crippen LogP contribution < -0.4 is 0 Å². The monoisotopic (exact) mass is 238 g/mol. The number of carbonyl (C=O) groups excluding carboxylic acids is 1. The predicted molar refractivity (Wildman–Crippen MR) is 67.6 cm³/mol. The molecule has 0 aliphatic carbocycles. The van der Waals surface area contributed by atoms with Gasteiger partial charge in [-0.3, -0.25) is 0 Å². The zero-order valence-corrected chi connectivity index (χ0v) is 10.1. The Bertz CT molecular complexity index is 311. The second-order valence-electron chi connectivity index (χ2n) is 2.67. The van der Waals surface area contributed by atoms with Gasteiger partial charge in [0, 0.05) is 12.2 Å². The molecule has 0 saturated carbocycles. The van der Waals surface area contributed by atoms with Crippen LogP contribution in [0.2, 0.25) is 0 Å². The predicted octanol–water partition coefficient (Wildman–Crippen LogP) is 2.50. The molecule has 94 valence electrons. The summed E-state index contributed by atoms with van der Waals surface area (Å²) in [4.78, 5) is 20.1. The minimum absolute atomic E-state index is 0.322. The van der Waals surface area contributed by atoms with Crippen molar-refractivity contribution < 1.29 is 19.4 Å². The van der Waals surface area contributed by atoms with E-state index < -0.39 is 5.97 Å². The number of ether oxygens (including phenoxy) is 1. The summed E-state index contributed by atoms with van der Waals surface area (Å²) in [5.74, 6) is -1.24. The summed E-state index contributed by atoms with van der Waals surface area (Å²) in [5, 5.41) is 8.02. The van der Waals surface area contributed by atoms with Crippen LogP contribution in [0.3, 0.4) is 0 Å². The van der Waals surface area contributed by atoms with Gasteiger partial charge in [0.25, 0.3) is 0 Å². The SMILES string of the molecule is C/C=C/C=C/C(=O)O.C=CC/C=C/C(=O)OC. The van der Waals surface area contributed by atoms with Crippen LogP contribution in [-0.2, 0) is 14.3 Å². The molecule has 0 bridgehead atoms. The Morgan fingerprint density at radius 3 is 2.35 bits per heavy atom. The molecular weight excluding hydrogens is 220 g/mol. The Morgan fingerprint density at radius 2 is 1.94 bits per heavy atom. The number of methoxy groups -OCH3 is 1. The van der Waals surface area contributed by atoms with Crippen molar-refractivity contribution >= 4 is 11.9 Å². The minimum atomic E-state index is -0.914. The average Bonchev–Trinajstić information content (AvgIpc) is 2.30. The lowest BCUT2D eigenvalue weighted by Crippen LogP contribution is -1.92. The number of esters is 1. The molecule has 4 nitrogen and oxygen atoms in total. The summed E-state index contributed by atoms with van der Waals surface area (Å²) in [5.41, 5.74) is 0. The van der Waals surface area contributed by atoms with Gasteiger partial charge in [-0.25, -0.2) is 9.59 Å². The van der Waals surface area contributed by atoms with Gasteiger partial charge in [0.05, 0.1) is 7.11 Å². The Morgan fingerprint density at radius 1 is 1.29 bits per heavy atom. The molecule has 17 heavy (non-hydrogen) atoms. The van der Waals surface area contributed by atoms with Crippen molar-refractivity contribution in [2.45, 2.75) is 13.3 Å². The highest BCUT2D eigenvalue weighted by atomic mass is 16.5. The first-order chi connectivity index (χ1) is 8.08. The van der Waals surface area contributed by atoms with E-state index in [0.717, 1.165) is 6.08 Å². The van der Waals surface area contributed by atoms with Crippen molar-refractivity contribution in [3.8, 4) is 0 Å². The molecular formula is C13H18O4. The Kier molecular flexibility index (Phi) is 14.1. The average molecular weight is 238 g/mol. The van der Waals surface area contributed by atoms with Crippen LogP contribution in [0.4, 0.5) is 0 Å². The molecule has 0 fully saturated rings. The third-order valence-corrected chi connectivity index (χ3v) is 1.30. The van der Waals surface area contributed by atoms with Gasteiger partial charge in [-0.05, 0) is 13.3 Å². The van der Waals surface area contributed by atoms with Crippen LogP contribution in [0.25, 0.3) is 0 Å². The summed E-state index contributed by atoms with van der Waals surface area (Å²) >= 11 is 0. The number of carboxylic acid groups (broad SMARTS) is 1. The summed E-state index contributed by atoms with van der Waals surface area (Å²) in [6.45, 7) is 5.31. The quantitative estimate of drug-likeness (QED) is 0.346. The van der Waals surface area contributed by atoms with Crippen LogP contribution in [-0.4, -0.2) is 24.2 Å². The number of carbonyl (C=O) groups is 2. The zero-order chi connectivity index (χ0) is 13.5. The van der Waals surface area contributed by atoms with Crippen molar-refractivity contribution in [1.29, 1.82) is 0 Å². The van der Waals surface area contributed by atoms with E-state index in [4.69, 9.17) is 5.11 Å². The highest BCUT2D eigenvalue weighted by Crippen LogP contribution is 1.83. The van der Waals surface area contributed by atoms with Gasteiger partial charge in [0.2, 0.25) is 0 Å². The van der Waals surface area contributed by atoms with E-state index in [9.17, 15) is 9.59 Å². The fourth-order valence-corrected chi connectivity index (χ4v) is 0.578. The maximum atomic E-state index is 10.3. The Labute approximate surface area is 102 Å². The lowest BCUT2D eigenvalue weighted by molar-refractivity contribution is -0.135. The summed E-state index contributed by atoms with van der Waals surface area (Å²) in [6.07, 6.45) is 11.5. The fraction of sp³-hybridized carbons (Fsp3) is 0.231. The number of allylic oxidation sites excluding steroid dienone is 5. The smallest absolute Gasteiger partial charge is 0.330 e. The van der Waals surface area contributed by atoms with E-state index in [2.05, 4.69) is 11.3 Å². The molecule has 0 aromatic heterocycles. The molecule has 0 amide bonds. The maximum absolute atomic E-state index is 10.3. The summed E-state index contributed by atoms with van der Waals surface area (Å²) < 4.78 is 4.34. The van der Waals surface area contributed by atoms with E-state index in [-0.39, 0.29) is 5.97 Å². The van der Waals surface area contributed by atoms with Crippen LogP contribution in [0.5, 0.6) is 0 Å². The molecule has 0 aliphatic rings. The molecule has 0 radical (unpaired) electrons. The van der Waals surface area contributed by atoms with E-state index >= 15 is 0 Å². The number of aliphatic carboxylic acids is 1. The highest BCUT2D eigenvalue weighted by molar-refractivity contribution is 5.81. The number of rotatable bonds is 5. The number of carboxylic acids is 1. The standard InChI is InChI=1S/C7H10O2.C6H8O2/c1-3-4-5-6-7(8)9-2;1-2-3-4-5-6(7)8/h3,5-6H,1,4H2,2H3;2-5H,1H3,(H,7,8)/b6-5+;3-2+,5-4+. The normalized spacial score (nSPS) is 10.2. The topological polar surface area (TPSA) is 63.6 Å². The molecule has 0 heterocycles. The summed E-state index contributed by atoms with van der Waals surface area (Å²) in [7, 11) is 1.35. The molecule has 4 heteroatoms. The van der Waals surface area contributed by atoms with Gasteiger partial charge >= 0.3 is 11.9 Å². The van der Waals surface area contributed by atoms with E-state index in [1.807, 2.05) is 6.92 Å². The third kappa shape index (κ3) is 20.1. The van der Waals surface area contributed by atoms with Crippen molar-refractivity contribution in [3.05, 3.63) is 49.1 Å². The van der Waals surface area contributed by atoms with E-state index in [0.29, 0.717) is 6.42 Å². The lowest BCUT2D eigenvalue weighted by atomic mass is 10.4.